The minimum Gasteiger partial charge on any atom is -0.259 e. The van der Waals surface area contributed by atoms with Crippen molar-refractivity contribution in [3.63, 3.8) is 0 Å². The largest absolute Gasteiger partial charge is 0.259 e. The second-order valence-corrected chi connectivity index (χ2v) is 3.75. The molecule has 0 atom stereocenters. The van der Waals surface area contributed by atoms with E-state index in [9.17, 15) is 8.78 Å². The van der Waals surface area contributed by atoms with Gasteiger partial charge in [0.2, 0.25) is 0 Å². The number of pyridine rings is 1. The van der Waals surface area contributed by atoms with Gasteiger partial charge in [-0.25, -0.2) is 8.78 Å². The van der Waals surface area contributed by atoms with E-state index >= 15 is 0 Å². The minimum atomic E-state index is -0.457. The summed E-state index contributed by atoms with van der Waals surface area (Å²) in [6.45, 7) is 5.26. The van der Waals surface area contributed by atoms with Crippen LogP contribution in [0.5, 0.6) is 0 Å². The number of aromatic nitrogens is 1. The molecule has 0 saturated carbocycles. The zero-order valence-electron chi connectivity index (χ0n) is 9.37. The standard InChI is InChI=1S/C14H11F2N/c1-3-10-4-5-11(7-13(10)15)12-6-9(2)17-8-14(12)16/h3-8H,1H2,2H3. The van der Waals surface area contributed by atoms with Crippen LogP contribution >= 0.6 is 0 Å². The van der Waals surface area contributed by atoms with E-state index in [1.807, 2.05) is 0 Å². The third-order valence-electron chi connectivity index (χ3n) is 2.52. The number of hydrogen-bond acceptors (Lipinski definition) is 1. The fraction of sp³-hybridized carbons (Fsp3) is 0.0714. The van der Waals surface area contributed by atoms with Gasteiger partial charge < -0.3 is 0 Å². The van der Waals surface area contributed by atoms with Crippen LogP contribution < -0.4 is 0 Å². The monoisotopic (exact) mass is 231 g/mol. The van der Waals surface area contributed by atoms with Gasteiger partial charge in [0.15, 0.2) is 0 Å². The Balaban J connectivity index is 2.57. The number of benzene rings is 1. The van der Waals surface area contributed by atoms with Gasteiger partial charge in [0, 0.05) is 16.8 Å². The zero-order chi connectivity index (χ0) is 12.4. The van der Waals surface area contributed by atoms with Crippen LogP contribution in [0.15, 0.2) is 37.0 Å². The first kappa shape index (κ1) is 11.5. The van der Waals surface area contributed by atoms with Gasteiger partial charge in [0.05, 0.1) is 6.20 Å². The lowest BCUT2D eigenvalue weighted by atomic mass is 10.0. The molecule has 0 spiro atoms. The average Bonchev–Trinajstić information content (AvgIpc) is 2.32. The van der Waals surface area contributed by atoms with Gasteiger partial charge in [-0.15, -0.1) is 0 Å². The third kappa shape index (κ3) is 2.23. The first-order valence-electron chi connectivity index (χ1n) is 5.16. The summed E-state index contributed by atoms with van der Waals surface area (Å²) in [7, 11) is 0. The SMILES string of the molecule is C=Cc1ccc(-c2cc(C)ncc2F)cc1F. The summed E-state index contributed by atoms with van der Waals surface area (Å²) < 4.78 is 27.1. The van der Waals surface area contributed by atoms with Crippen molar-refractivity contribution in [1.29, 1.82) is 0 Å². The predicted molar refractivity (Wildman–Crippen MR) is 64.4 cm³/mol. The van der Waals surface area contributed by atoms with Crippen molar-refractivity contribution >= 4 is 6.08 Å². The highest BCUT2D eigenvalue weighted by molar-refractivity contribution is 5.66. The second kappa shape index (κ2) is 4.45. The van der Waals surface area contributed by atoms with Crippen molar-refractivity contribution < 1.29 is 8.78 Å². The molecule has 1 nitrogen and oxygen atoms in total. The quantitative estimate of drug-likeness (QED) is 0.761. The lowest BCUT2D eigenvalue weighted by Gasteiger charge is -2.06. The Morgan fingerprint density at radius 2 is 1.94 bits per heavy atom. The topological polar surface area (TPSA) is 12.9 Å². The van der Waals surface area contributed by atoms with Gasteiger partial charge in [-0.2, -0.15) is 0 Å². The van der Waals surface area contributed by atoms with E-state index in [0.29, 0.717) is 22.4 Å². The molecule has 1 aromatic carbocycles. The summed E-state index contributed by atoms with van der Waals surface area (Å²) in [6, 6.07) is 6.14. The molecule has 1 heterocycles. The molecule has 0 amide bonds. The second-order valence-electron chi connectivity index (χ2n) is 3.75. The third-order valence-corrected chi connectivity index (χ3v) is 2.52. The van der Waals surface area contributed by atoms with Crippen LogP contribution in [-0.2, 0) is 0 Å². The maximum absolute atomic E-state index is 13.6. The van der Waals surface area contributed by atoms with Crippen LogP contribution in [0, 0.1) is 18.6 Å². The van der Waals surface area contributed by atoms with Gasteiger partial charge in [-0.05, 0) is 24.6 Å². The molecule has 1 aromatic heterocycles. The zero-order valence-corrected chi connectivity index (χ0v) is 9.37. The van der Waals surface area contributed by atoms with Crippen molar-refractivity contribution in [3.8, 4) is 11.1 Å². The van der Waals surface area contributed by atoms with E-state index in [4.69, 9.17) is 0 Å². The number of halogens is 2. The number of nitrogens with zero attached hydrogens (tertiary/aromatic N) is 1. The first-order chi connectivity index (χ1) is 8.11. The van der Waals surface area contributed by atoms with Crippen LogP contribution in [0.2, 0.25) is 0 Å². The van der Waals surface area contributed by atoms with E-state index in [1.54, 1.807) is 25.1 Å². The van der Waals surface area contributed by atoms with Crippen molar-refractivity contribution in [3.05, 3.63) is 59.9 Å². The maximum Gasteiger partial charge on any atom is 0.149 e. The minimum absolute atomic E-state index is 0.354. The van der Waals surface area contributed by atoms with Gasteiger partial charge in [0.25, 0.3) is 0 Å². The summed E-state index contributed by atoms with van der Waals surface area (Å²) in [5.41, 5.74) is 1.94. The molecule has 2 rings (SSSR count). The van der Waals surface area contributed by atoms with Crippen LogP contribution in [0.25, 0.3) is 17.2 Å². The maximum atomic E-state index is 13.6. The molecule has 0 aliphatic carbocycles. The lowest BCUT2D eigenvalue weighted by molar-refractivity contribution is 0.619. The molecule has 0 unspecified atom stereocenters. The lowest BCUT2D eigenvalue weighted by Crippen LogP contribution is -1.91. The molecule has 0 saturated heterocycles. The molecular weight excluding hydrogens is 220 g/mol. The summed E-state index contributed by atoms with van der Waals surface area (Å²) in [5, 5.41) is 0. The fourth-order valence-electron chi connectivity index (χ4n) is 1.62. The predicted octanol–water partition coefficient (Wildman–Crippen LogP) is 3.98. The van der Waals surface area contributed by atoms with E-state index in [1.165, 1.54) is 12.1 Å². The molecule has 17 heavy (non-hydrogen) atoms. The summed E-state index contributed by atoms with van der Waals surface area (Å²) >= 11 is 0. The van der Waals surface area contributed by atoms with Crippen LogP contribution in [0.3, 0.4) is 0 Å². The first-order valence-corrected chi connectivity index (χ1v) is 5.16. The fourth-order valence-corrected chi connectivity index (χ4v) is 1.62. The normalized spacial score (nSPS) is 10.3. The van der Waals surface area contributed by atoms with Gasteiger partial charge in [-0.3, -0.25) is 4.98 Å². The smallest absolute Gasteiger partial charge is 0.149 e. The van der Waals surface area contributed by atoms with Gasteiger partial charge in [0.1, 0.15) is 11.6 Å². The molecule has 0 bridgehead atoms. The Bertz CT molecular complexity index is 576. The Kier molecular flexibility index (Phi) is 3.00. The Morgan fingerprint density at radius 1 is 1.18 bits per heavy atom. The van der Waals surface area contributed by atoms with E-state index in [2.05, 4.69) is 11.6 Å². The van der Waals surface area contributed by atoms with Crippen LogP contribution in [-0.4, -0.2) is 4.98 Å². The molecule has 0 radical (unpaired) electrons. The molecule has 0 fully saturated rings. The van der Waals surface area contributed by atoms with Crippen molar-refractivity contribution in [2.45, 2.75) is 6.92 Å². The average molecular weight is 231 g/mol. The van der Waals surface area contributed by atoms with E-state index in [0.717, 1.165) is 6.20 Å². The highest BCUT2D eigenvalue weighted by Gasteiger charge is 2.08. The highest BCUT2D eigenvalue weighted by atomic mass is 19.1. The molecule has 0 aliphatic heterocycles. The van der Waals surface area contributed by atoms with Crippen molar-refractivity contribution in [2.75, 3.05) is 0 Å². The summed E-state index contributed by atoms with van der Waals surface area (Å²) in [4.78, 5) is 3.84. The summed E-state index contributed by atoms with van der Waals surface area (Å²) in [6.07, 6.45) is 2.57. The number of hydrogen-bond donors (Lipinski definition) is 0. The van der Waals surface area contributed by atoms with Crippen LogP contribution in [0.4, 0.5) is 8.78 Å². The highest BCUT2D eigenvalue weighted by Crippen LogP contribution is 2.25. The molecule has 0 N–H and O–H groups in total. The molecule has 2 aromatic rings. The van der Waals surface area contributed by atoms with Crippen molar-refractivity contribution in [1.82, 2.24) is 4.98 Å². The van der Waals surface area contributed by atoms with E-state index < -0.39 is 11.6 Å². The Labute approximate surface area is 98.4 Å². The van der Waals surface area contributed by atoms with Gasteiger partial charge in [-0.1, -0.05) is 24.8 Å². The molecular formula is C14H11F2N. The van der Waals surface area contributed by atoms with Gasteiger partial charge >= 0.3 is 0 Å². The van der Waals surface area contributed by atoms with Crippen LogP contribution in [0.1, 0.15) is 11.3 Å². The number of rotatable bonds is 2. The molecule has 86 valence electrons. The number of aryl methyl sites for hydroxylation is 1. The Hall–Kier alpha value is -2.03. The summed E-state index contributed by atoms with van der Waals surface area (Å²) in [5.74, 6) is -0.868. The molecule has 3 heteroatoms. The Morgan fingerprint density at radius 3 is 2.59 bits per heavy atom. The van der Waals surface area contributed by atoms with Crippen molar-refractivity contribution in [2.24, 2.45) is 0 Å². The van der Waals surface area contributed by atoms with E-state index in [-0.39, 0.29) is 0 Å². The molecule has 0 aliphatic rings.